The first-order valence-corrected chi connectivity index (χ1v) is 7.43. The number of benzene rings is 1. The number of hydrogen-bond donors (Lipinski definition) is 1. The van der Waals surface area contributed by atoms with Crippen molar-refractivity contribution in [2.75, 3.05) is 20.2 Å². The molecule has 0 saturated carbocycles. The molecule has 1 aliphatic heterocycles. The Morgan fingerprint density at radius 1 is 1.45 bits per heavy atom. The van der Waals surface area contributed by atoms with Gasteiger partial charge in [0, 0.05) is 25.9 Å². The van der Waals surface area contributed by atoms with Crippen molar-refractivity contribution in [1.29, 1.82) is 0 Å². The first-order valence-electron chi connectivity index (χ1n) is 7.43. The van der Waals surface area contributed by atoms with Gasteiger partial charge in [0.15, 0.2) is 0 Å². The first kappa shape index (κ1) is 16.1. The van der Waals surface area contributed by atoms with Crippen LogP contribution in [0, 0.1) is 0 Å². The third kappa shape index (κ3) is 4.35. The fourth-order valence-electron chi connectivity index (χ4n) is 2.56. The first-order chi connectivity index (χ1) is 10.6. The fourth-order valence-corrected chi connectivity index (χ4v) is 2.56. The van der Waals surface area contributed by atoms with Crippen molar-refractivity contribution in [1.82, 2.24) is 10.2 Å². The van der Waals surface area contributed by atoms with Crippen LogP contribution in [0.4, 0.5) is 0 Å². The number of nitrogens with one attached hydrogen (secondary N) is 1. The van der Waals surface area contributed by atoms with Gasteiger partial charge in [-0.2, -0.15) is 0 Å². The van der Waals surface area contributed by atoms with E-state index in [4.69, 9.17) is 4.74 Å². The lowest BCUT2D eigenvalue weighted by Crippen LogP contribution is -2.37. The van der Waals surface area contributed by atoms with Gasteiger partial charge in [-0.1, -0.05) is 18.2 Å². The Kier molecular flexibility index (Phi) is 5.58. The van der Waals surface area contributed by atoms with Gasteiger partial charge in [-0.15, -0.1) is 6.58 Å². The third-order valence-corrected chi connectivity index (χ3v) is 3.74. The van der Waals surface area contributed by atoms with Crippen molar-refractivity contribution in [2.24, 2.45) is 0 Å². The van der Waals surface area contributed by atoms with E-state index >= 15 is 0 Å². The molecule has 0 radical (unpaired) electrons. The SMILES string of the molecule is C=CCC(=O)N[C@@H]1CC(=O)N(CCc2ccc(OC)cc2)C1. The highest BCUT2D eigenvalue weighted by Gasteiger charge is 2.29. The average molecular weight is 302 g/mol. The number of amides is 2. The van der Waals surface area contributed by atoms with E-state index in [1.807, 2.05) is 29.2 Å². The van der Waals surface area contributed by atoms with Crippen molar-refractivity contribution in [3.63, 3.8) is 0 Å². The number of rotatable bonds is 7. The van der Waals surface area contributed by atoms with Gasteiger partial charge in [-0.3, -0.25) is 9.59 Å². The highest BCUT2D eigenvalue weighted by atomic mass is 16.5. The van der Waals surface area contributed by atoms with Crippen LogP contribution in [0.15, 0.2) is 36.9 Å². The Morgan fingerprint density at radius 2 is 2.18 bits per heavy atom. The van der Waals surface area contributed by atoms with Crippen molar-refractivity contribution in [2.45, 2.75) is 25.3 Å². The Bertz CT molecular complexity index is 539. The minimum Gasteiger partial charge on any atom is -0.497 e. The molecule has 0 bridgehead atoms. The van der Waals surface area contributed by atoms with E-state index in [1.54, 1.807) is 13.2 Å². The number of hydrogen-bond acceptors (Lipinski definition) is 3. The summed E-state index contributed by atoms with van der Waals surface area (Å²) < 4.78 is 5.12. The molecule has 5 nitrogen and oxygen atoms in total. The second-order valence-electron chi connectivity index (χ2n) is 5.40. The van der Waals surface area contributed by atoms with Crippen LogP contribution in [0.5, 0.6) is 5.75 Å². The molecular formula is C17H22N2O3. The van der Waals surface area contributed by atoms with Gasteiger partial charge in [0.2, 0.25) is 11.8 Å². The molecule has 5 heteroatoms. The monoisotopic (exact) mass is 302 g/mol. The van der Waals surface area contributed by atoms with Gasteiger partial charge >= 0.3 is 0 Å². The Morgan fingerprint density at radius 3 is 2.82 bits per heavy atom. The maximum Gasteiger partial charge on any atom is 0.224 e. The Hall–Kier alpha value is -2.30. The van der Waals surface area contributed by atoms with E-state index in [0.29, 0.717) is 19.5 Å². The molecule has 22 heavy (non-hydrogen) atoms. The zero-order chi connectivity index (χ0) is 15.9. The van der Waals surface area contributed by atoms with Gasteiger partial charge in [-0.25, -0.2) is 0 Å². The number of likely N-dealkylation sites (tertiary alicyclic amines) is 1. The number of ether oxygens (including phenoxy) is 1. The van der Waals surface area contributed by atoms with E-state index < -0.39 is 0 Å². The summed E-state index contributed by atoms with van der Waals surface area (Å²) in [7, 11) is 1.64. The molecule has 118 valence electrons. The largest absolute Gasteiger partial charge is 0.497 e. The number of carbonyl (C=O) groups excluding carboxylic acids is 2. The smallest absolute Gasteiger partial charge is 0.224 e. The predicted molar refractivity (Wildman–Crippen MR) is 84.6 cm³/mol. The molecule has 1 saturated heterocycles. The van der Waals surface area contributed by atoms with Crippen molar-refractivity contribution in [3.05, 3.63) is 42.5 Å². The van der Waals surface area contributed by atoms with Crippen LogP contribution in [0.1, 0.15) is 18.4 Å². The van der Waals surface area contributed by atoms with Gasteiger partial charge < -0.3 is 15.0 Å². The van der Waals surface area contributed by atoms with Crippen LogP contribution >= 0.6 is 0 Å². The fraction of sp³-hybridized carbons (Fsp3) is 0.412. The second-order valence-corrected chi connectivity index (χ2v) is 5.40. The van der Waals surface area contributed by atoms with Crippen LogP contribution in [-0.2, 0) is 16.0 Å². The predicted octanol–water partition coefficient (Wildman–Crippen LogP) is 1.53. The zero-order valence-electron chi connectivity index (χ0n) is 12.9. The minimum atomic E-state index is -0.0872. The Labute approximate surface area is 130 Å². The standard InChI is InChI=1S/C17H22N2O3/c1-3-4-16(20)18-14-11-17(21)19(12-14)10-9-13-5-7-15(22-2)8-6-13/h3,5-8,14H,1,4,9-12H2,2H3,(H,18,20)/t14-/m1/s1. The van der Waals surface area contributed by atoms with E-state index in [-0.39, 0.29) is 24.3 Å². The number of nitrogens with zero attached hydrogens (tertiary/aromatic N) is 1. The molecule has 1 aromatic rings. The molecule has 2 amide bonds. The van der Waals surface area contributed by atoms with E-state index in [0.717, 1.165) is 17.7 Å². The van der Waals surface area contributed by atoms with Crippen LogP contribution in [0.2, 0.25) is 0 Å². The van der Waals surface area contributed by atoms with Gasteiger partial charge in [0.1, 0.15) is 5.75 Å². The highest BCUT2D eigenvalue weighted by Crippen LogP contribution is 2.15. The lowest BCUT2D eigenvalue weighted by atomic mass is 10.1. The van der Waals surface area contributed by atoms with Gasteiger partial charge in [-0.05, 0) is 24.1 Å². The topological polar surface area (TPSA) is 58.6 Å². The molecule has 0 aromatic heterocycles. The molecule has 0 aliphatic carbocycles. The maximum absolute atomic E-state index is 12.0. The molecule has 1 N–H and O–H groups in total. The quantitative estimate of drug-likeness (QED) is 0.777. The summed E-state index contributed by atoms with van der Waals surface area (Å²) in [4.78, 5) is 25.3. The normalized spacial score (nSPS) is 17.4. The van der Waals surface area contributed by atoms with E-state index in [1.165, 1.54) is 0 Å². The van der Waals surface area contributed by atoms with Gasteiger partial charge in [0.25, 0.3) is 0 Å². The molecular weight excluding hydrogens is 280 g/mol. The van der Waals surface area contributed by atoms with Crippen LogP contribution in [0.25, 0.3) is 0 Å². The molecule has 1 heterocycles. The molecule has 0 spiro atoms. The van der Waals surface area contributed by atoms with Crippen molar-refractivity contribution < 1.29 is 14.3 Å². The lowest BCUT2D eigenvalue weighted by Gasteiger charge is -2.17. The summed E-state index contributed by atoms with van der Waals surface area (Å²) in [5.41, 5.74) is 1.16. The maximum atomic E-state index is 12.0. The average Bonchev–Trinajstić information content (AvgIpc) is 2.85. The summed E-state index contributed by atoms with van der Waals surface area (Å²) in [5.74, 6) is 0.841. The summed E-state index contributed by atoms with van der Waals surface area (Å²) >= 11 is 0. The second kappa shape index (κ2) is 7.64. The Balaban J connectivity index is 1.81. The zero-order valence-corrected chi connectivity index (χ0v) is 12.9. The van der Waals surface area contributed by atoms with Gasteiger partial charge in [0.05, 0.1) is 13.2 Å². The number of carbonyl (C=O) groups is 2. The summed E-state index contributed by atoms with van der Waals surface area (Å²) in [6, 6.07) is 7.75. The highest BCUT2D eigenvalue weighted by molar-refractivity contribution is 5.82. The van der Waals surface area contributed by atoms with E-state index in [2.05, 4.69) is 11.9 Å². The van der Waals surface area contributed by atoms with Crippen molar-refractivity contribution >= 4 is 11.8 Å². The summed E-state index contributed by atoms with van der Waals surface area (Å²) in [5, 5.41) is 2.86. The van der Waals surface area contributed by atoms with Crippen LogP contribution in [-0.4, -0.2) is 43.0 Å². The summed E-state index contributed by atoms with van der Waals surface area (Å²) in [6.07, 6.45) is 3.03. The molecule has 1 aromatic carbocycles. The number of methoxy groups -OCH3 is 1. The van der Waals surface area contributed by atoms with Crippen LogP contribution in [0.3, 0.4) is 0 Å². The summed E-state index contributed by atoms with van der Waals surface area (Å²) in [6.45, 7) is 4.78. The van der Waals surface area contributed by atoms with Crippen LogP contribution < -0.4 is 10.1 Å². The van der Waals surface area contributed by atoms with Crippen molar-refractivity contribution in [3.8, 4) is 5.75 Å². The van der Waals surface area contributed by atoms with E-state index in [9.17, 15) is 9.59 Å². The lowest BCUT2D eigenvalue weighted by molar-refractivity contribution is -0.127. The molecule has 2 rings (SSSR count). The molecule has 0 unspecified atom stereocenters. The molecule has 1 aliphatic rings. The molecule has 1 atom stereocenters. The molecule has 1 fully saturated rings. The third-order valence-electron chi connectivity index (χ3n) is 3.74. The minimum absolute atomic E-state index is 0.0789.